The molecule has 146 valence electrons. The largest absolute Gasteiger partial charge is 0.411 e. The van der Waals surface area contributed by atoms with Gasteiger partial charge in [-0.1, -0.05) is 35.0 Å². The maximum atomic E-state index is 12.2. The van der Waals surface area contributed by atoms with Gasteiger partial charge in [0.15, 0.2) is 9.84 Å². The lowest BCUT2D eigenvalue weighted by Gasteiger charge is -2.08. The second-order valence-corrected chi connectivity index (χ2v) is 9.42. The van der Waals surface area contributed by atoms with Crippen molar-refractivity contribution in [3.05, 3.63) is 52.5 Å². The summed E-state index contributed by atoms with van der Waals surface area (Å²) >= 11 is 12.9. The Morgan fingerprint density at radius 3 is 2.54 bits per heavy atom. The smallest absolute Gasteiger partial charge is 0.277 e. The fourth-order valence-electron chi connectivity index (χ4n) is 2.12. The number of carbonyl (C=O) groups is 1. The van der Waals surface area contributed by atoms with Crippen molar-refractivity contribution >= 4 is 56.4 Å². The minimum absolute atomic E-state index is 0.0261. The van der Waals surface area contributed by atoms with Crippen molar-refractivity contribution in [2.75, 3.05) is 17.3 Å². The zero-order valence-electron chi connectivity index (χ0n) is 14.3. The van der Waals surface area contributed by atoms with Crippen molar-refractivity contribution in [3.8, 4) is 11.5 Å². The normalized spacial score (nSPS) is 11.4. The predicted octanol–water partition coefficient (Wildman–Crippen LogP) is 4.18. The molecular formula is C17H13Cl2N3O4S2. The SMILES string of the molecule is CS(=O)(=O)c1ccc(Cl)c(NC(=O)CSc2nnc(-c3ccc(Cl)cc3)o2)c1. The summed E-state index contributed by atoms with van der Waals surface area (Å²) in [5, 5.41) is 11.4. The van der Waals surface area contributed by atoms with Gasteiger partial charge in [-0.3, -0.25) is 4.79 Å². The van der Waals surface area contributed by atoms with Gasteiger partial charge in [0.1, 0.15) is 0 Å². The Morgan fingerprint density at radius 2 is 1.86 bits per heavy atom. The third-order valence-electron chi connectivity index (χ3n) is 3.46. The van der Waals surface area contributed by atoms with E-state index in [4.69, 9.17) is 27.6 Å². The molecule has 0 atom stereocenters. The first-order chi connectivity index (χ1) is 13.2. The van der Waals surface area contributed by atoms with Crippen LogP contribution in [0.5, 0.6) is 0 Å². The first-order valence-electron chi connectivity index (χ1n) is 7.74. The second-order valence-electron chi connectivity index (χ2n) is 5.63. The maximum Gasteiger partial charge on any atom is 0.277 e. The number of sulfone groups is 1. The zero-order chi connectivity index (χ0) is 20.3. The average molecular weight is 458 g/mol. The minimum atomic E-state index is -3.42. The summed E-state index contributed by atoms with van der Waals surface area (Å²) in [6, 6.07) is 11.0. The van der Waals surface area contributed by atoms with Gasteiger partial charge < -0.3 is 9.73 Å². The molecule has 0 radical (unpaired) electrons. The number of nitrogens with one attached hydrogen (secondary N) is 1. The number of anilines is 1. The molecule has 3 aromatic rings. The molecule has 1 N–H and O–H groups in total. The van der Waals surface area contributed by atoms with Gasteiger partial charge in [0.25, 0.3) is 5.22 Å². The average Bonchev–Trinajstić information content (AvgIpc) is 3.10. The van der Waals surface area contributed by atoms with Gasteiger partial charge in [-0.25, -0.2) is 8.42 Å². The Bertz CT molecular complexity index is 1120. The van der Waals surface area contributed by atoms with Crippen molar-refractivity contribution in [2.45, 2.75) is 10.1 Å². The van der Waals surface area contributed by atoms with Crippen LogP contribution in [0.1, 0.15) is 0 Å². The molecule has 28 heavy (non-hydrogen) atoms. The Balaban J connectivity index is 1.63. The fourth-order valence-corrected chi connectivity index (χ4v) is 3.62. The molecule has 2 aromatic carbocycles. The highest BCUT2D eigenvalue weighted by atomic mass is 35.5. The summed E-state index contributed by atoms with van der Waals surface area (Å²) < 4.78 is 28.8. The first-order valence-corrected chi connectivity index (χ1v) is 11.4. The molecule has 7 nitrogen and oxygen atoms in total. The highest BCUT2D eigenvalue weighted by Crippen LogP contribution is 2.27. The van der Waals surface area contributed by atoms with Gasteiger partial charge in [-0.2, -0.15) is 0 Å². The van der Waals surface area contributed by atoms with Crippen molar-refractivity contribution in [3.63, 3.8) is 0 Å². The first kappa shape index (κ1) is 20.7. The van der Waals surface area contributed by atoms with Crippen LogP contribution in [0.2, 0.25) is 10.0 Å². The number of halogens is 2. The van der Waals surface area contributed by atoms with E-state index in [1.807, 2.05) is 0 Å². The lowest BCUT2D eigenvalue weighted by molar-refractivity contribution is -0.113. The third kappa shape index (κ3) is 5.26. The summed E-state index contributed by atoms with van der Waals surface area (Å²) in [7, 11) is -3.42. The van der Waals surface area contributed by atoms with Crippen molar-refractivity contribution in [1.82, 2.24) is 10.2 Å². The van der Waals surface area contributed by atoms with Crippen LogP contribution in [0.4, 0.5) is 5.69 Å². The van der Waals surface area contributed by atoms with E-state index >= 15 is 0 Å². The Morgan fingerprint density at radius 1 is 1.14 bits per heavy atom. The lowest BCUT2D eigenvalue weighted by atomic mass is 10.2. The molecule has 0 unspecified atom stereocenters. The molecule has 0 saturated carbocycles. The standard InChI is InChI=1S/C17H13Cl2N3O4S2/c1-28(24,25)12-6-7-13(19)14(8-12)20-15(23)9-27-17-22-21-16(26-17)10-2-4-11(18)5-3-10/h2-8H,9H2,1H3,(H,20,23). The van der Waals surface area contributed by atoms with E-state index in [9.17, 15) is 13.2 Å². The number of nitrogens with zero attached hydrogens (tertiary/aromatic N) is 2. The summed E-state index contributed by atoms with van der Waals surface area (Å²) in [6.07, 6.45) is 1.07. The molecule has 0 fully saturated rings. The van der Waals surface area contributed by atoms with E-state index < -0.39 is 15.7 Å². The molecule has 0 aliphatic heterocycles. The van der Waals surface area contributed by atoms with Gasteiger partial charge >= 0.3 is 0 Å². The van der Waals surface area contributed by atoms with Crippen LogP contribution in [-0.2, 0) is 14.6 Å². The number of amides is 1. The van der Waals surface area contributed by atoms with Crippen molar-refractivity contribution in [2.24, 2.45) is 0 Å². The Labute approximate surface area is 175 Å². The summed E-state index contributed by atoms with van der Waals surface area (Å²) in [5.41, 5.74) is 0.917. The van der Waals surface area contributed by atoms with E-state index in [2.05, 4.69) is 15.5 Å². The van der Waals surface area contributed by atoms with E-state index in [1.54, 1.807) is 24.3 Å². The van der Waals surface area contributed by atoms with Crippen LogP contribution in [0.25, 0.3) is 11.5 Å². The summed E-state index contributed by atoms with van der Waals surface area (Å²) in [6.45, 7) is 0. The predicted molar refractivity (Wildman–Crippen MR) is 109 cm³/mol. The van der Waals surface area contributed by atoms with Crippen molar-refractivity contribution < 1.29 is 17.6 Å². The molecule has 1 aromatic heterocycles. The molecule has 1 heterocycles. The van der Waals surface area contributed by atoms with Crippen LogP contribution in [0.15, 0.2) is 57.0 Å². The number of rotatable bonds is 6. The van der Waals surface area contributed by atoms with E-state index in [1.165, 1.54) is 18.2 Å². The molecule has 11 heteroatoms. The zero-order valence-corrected chi connectivity index (χ0v) is 17.5. The lowest BCUT2D eigenvalue weighted by Crippen LogP contribution is -2.14. The van der Waals surface area contributed by atoms with Gasteiger partial charge in [0, 0.05) is 16.8 Å². The topological polar surface area (TPSA) is 102 Å². The fraction of sp³-hybridized carbons (Fsp3) is 0.118. The van der Waals surface area contributed by atoms with Crippen LogP contribution in [-0.4, -0.2) is 36.5 Å². The molecular weight excluding hydrogens is 445 g/mol. The van der Waals surface area contributed by atoms with Gasteiger partial charge in [0.05, 0.1) is 21.4 Å². The van der Waals surface area contributed by atoms with Gasteiger partial charge in [-0.05, 0) is 42.5 Å². The monoisotopic (exact) mass is 457 g/mol. The number of benzene rings is 2. The van der Waals surface area contributed by atoms with Crippen LogP contribution in [0.3, 0.4) is 0 Å². The second kappa shape index (κ2) is 8.52. The summed E-state index contributed by atoms with van der Waals surface area (Å²) in [4.78, 5) is 12.2. The van der Waals surface area contributed by atoms with E-state index in [0.29, 0.717) is 16.5 Å². The Hall–Kier alpha value is -2.07. The van der Waals surface area contributed by atoms with Crippen LogP contribution in [0, 0.1) is 0 Å². The number of hydrogen-bond acceptors (Lipinski definition) is 7. The maximum absolute atomic E-state index is 12.2. The number of thioether (sulfide) groups is 1. The number of aromatic nitrogens is 2. The molecule has 3 rings (SSSR count). The highest BCUT2D eigenvalue weighted by Gasteiger charge is 2.14. The molecule has 1 amide bonds. The molecule has 0 spiro atoms. The molecule has 0 saturated heterocycles. The van der Waals surface area contributed by atoms with E-state index in [-0.39, 0.29) is 26.6 Å². The number of hydrogen-bond donors (Lipinski definition) is 1. The molecule has 0 aliphatic carbocycles. The van der Waals surface area contributed by atoms with E-state index in [0.717, 1.165) is 18.0 Å². The highest BCUT2D eigenvalue weighted by molar-refractivity contribution is 7.99. The van der Waals surface area contributed by atoms with Crippen LogP contribution >= 0.6 is 35.0 Å². The van der Waals surface area contributed by atoms with Crippen LogP contribution < -0.4 is 5.32 Å². The molecule has 0 aliphatic rings. The van der Waals surface area contributed by atoms with Gasteiger partial charge in [0.2, 0.25) is 11.8 Å². The molecule has 0 bridgehead atoms. The van der Waals surface area contributed by atoms with Gasteiger partial charge in [-0.15, -0.1) is 10.2 Å². The number of carbonyl (C=O) groups excluding carboxylic acids is 1. The minimum Gasteiger partial charge on any atom is -0.411 e. The summed E-state index contributed by atoms with van der Waals surface area (Å²) in [5.74, 6) is -0.117. The van der Waals surface area contributed by atoms with Crippen molar-refractivity contribution in [1.29, 1.82) is 0 Å². The Kier molecular flexibility index (Phi) is 6.29. The third-order valence-corrected chi connectivity index (χ3v) is 5.97. The quantitative estimate of drug-likeness (QED) is 0.553.